The molecule has 0 saturated carbocycles. The summed E-state index contributed by atoms with van der Waals surface area (Å²) in [4.78, 5) is 0. The topological polar surface area (TPSA) is 33.6 Å². The molecule has 262 valence electrons. The Hall–Kier alpha value is -6.85. The Morgan fingerprint density at radius 2 is 0.946 bits per heavy atom. The molecule has 0 aliphatic rings. The lowest BCUT2D eigenvalue weighted by Gasteiger charge is -2.21. The number of benzene rings is 8. The average molecular weight is 758 g/mol. The van der Waals surface area contributed by atoms with Crippen LogP contribution in [0, 0.1) is 23.0 Å². The van der Waals surface area contributed by atoms with Crippen LogP contribution in [-0.2, 0) is 0 Å². The van der Waals surface area contributed by atoms with E-state index < -0.39 is 11.6 Å². The summed E-state index contributed by atoms with van der Waals surface area (Å²) in [5, 5.41) is 20.1. The van der Waals surface area contributed by atoms with E-state index in [-0.39, 0.29) is 5.56 Å². The van der Waals surface area contributed by atoms with Crippen molar-refractivity contribution in [3.8, 4) is 28.6 Å². The second-order valence-electron chi connectivity index (χ2n) is 14.1. The highest BCUT2D eigenvalue weighted by atomic mass is 32.1. The molecule has 0 saturated heterocycles. The van der Waals surface area contributed by atoms with E-state index in [4.69, 9.17) is 0 Å². The van der Waals surface area contributed by atoms with E-state index in [1.807, 2.05) is 48.5 Å². The molecule has 56 heavy (non-hydrogen) atoms. The summed E-state index contributed by atoms with van der Waals surface area (Å²) < 4.78 is 41.2. The van der Waals surface area contributed by atoms with Crippen molar-refractivity contribution in [1.29, 1.82) is 5.26 Å². The van der Waals surface area contributed by atoms with Gasteiger partial charge in [0.15, 0.2) is 0 Å². The molecule has 7 heteroatoms. The first kappa shape index (κ1) is 31.5. The lowest BCUT2D eigenvalue weighted by Crippen LogP contribution is -2.07. The molecular formula is C49H25F2N3S2. The van der Waals surface area contributed by atoms with Gasteiger partial charge in [0.1, 0.15) is 23.3 Å². The van der Waals surface area contributed by atoms with Gasteiger partial charge in [-0.15, -0.1) is 22.7 Å². The van der Waals surface area contributed by atoms with Crippen LogP contribution in [0.3, 0.4) is 0 Å². The maximum Gasteiger partial charge on any atom is 0.134 e. The first-order chi connectivity index (χ1) is 27.6. The van der Waals surface area contributed by atoms with Crippen LogP contribution in [-0.4, -0.2) is 9.13 Å². The van der Waals surface area contributed by atoms with Gasteiger partial charge in [0.2, 0.25) is 0 Å². The van der Waals surface area contributed by atoms with Crippen molar-refractivity contribution in [2.45, 2.75) is 0 Å². The molecule has 0 radical (unpaired) electrons. The van der Waals surface area contributed by atoms with Crippen LogP contribution in [0.2, 0.25) is 0 Å². The zero-order valence-corrected chi connectivity index (χ0v) is 31.0. The van der Waals surface area contributed by atoms with Crippen molar-refractivity contribution >= 4 is 107 Å². The van der Waals surface area contributed by atoms with Crippen LogP contribution in [0.25, 0.3) is 106 Å². The Kier molecular flexibility index (Phi) is 6.51. The van der Waals surface area contributed by atoms with Crippen molar-refractivity contribution in [3.63, 3.8) is 0 Å². The summed E-state index contributed by atoms with van der Waals surface area (Å²) in [6.45, 7) is 0. The second-order valence-corrected chi connectivity index (χ2v) is 16.3. The number of para-hydroxylation sites is 2. The smallest absolute Gasteiger partial charge is 0.134 e. The fraction of sp³-hybridized carbons (Fsp3) is 0. The summed E-state index contributed by atoms with van der Waals surface area (Å²) in [6.07, 6.45) is 0. The van der Waals surface area contributed by atoms with Gasteiger partial charge in [-0.25, -0.2) is 8.78 Å². The van der Waals surface area contributed by atoms with Gasteiger partial charge in [0, 0.05) is 67.5 Å². The van der Waals surface area contributed by atoms with Gasteiger partial charge in [-0.2, -0.15) is 5.26 Å². The van der Waals surface area contributed by atoms with E-state index in [0.717, 1.165) is 79.3 Å². The van der Waals surface area contributed by atoms with Gasteiger partial charge in [-0.05, 0) is 60.7 Å². The van der Waals surface area contributed by atoms with Gasteiger partial charge in [0.25, 0.3) is 0 Å². The number of rotatable bonds is 3. The summed E-state index contributed by atoms with van der Waals surface area (Å²) in [5.41, 5.74) is 5.14. The zero-order chi connectivity index (χ0) is 37.2. The van der Waals surface area contributed by atoms with Crippen molar-refractivity contribution in [1.82, 2.24) is 9.13 Å². The van der Waals surface area contributed by atoms with Crippen LogP contribution in [0.5, 0.6) is 0 Å². The van der Waals surface area contributed by atoms with Crippen LogP contribution in [0.1, 0.15) is 5.56 Å². The Bertz CT molecular complexity index is 3690. The molecule has 0 aliphatic heterocycles. The standard InChI is InChI=1S/C49H25F2N3S2/c50-35-14-9-15-36(51)44(35)33-20-23-39(53-37-16-5-1-10-27(37)29-21-24-42-45(48(29)53)31-12-3-7-18-40(31)55-42)34(26-52)47(33)54-38-17-6-2-11-28(38)30-22-25-43-46(49(30)54)32-13-4-8-19-41(32)56-43/h1-25H. The Morgan fingerprint density at radius 3 is 1.52 bits per heavy atom. The third kappa shape index (κ3) is 4.12. The van der Waals surface area contributed by atoms with Crippen molar-refractivity contribution in [2.24, 2.45) is 0 Å². The predicted molar refractivity (Wildman–Crippen MR) is 231 cm³/mol. The lowest BCUT2D eigenvalue weighted by molar-refractivity contribution is 0.589. The molecule has 0 atom stereocenters. The van der Waals surface area contributed by atoms with Crippen molar-refractivity contribution in [2.75, 3.05) is 0 Å². The Morgan fingerprint density at radius 1 is 0.446 bits per heavy atom. The molecule has 0 fully saturated rings. The van der Waals surface area contributed by atoms with Crippen molar-refractivity contribution in [3.05, 3.63) is 169 Å². The number of nitrogens with zero attached hydrogens (tertiary/aromatic N) is 3. The Balaban J connectivity index is 1.33. The van der Waals surface area contributed by atoms with E-state index in [0.29, 0.717) is 22.5 Å². The minimum Gasteiger partial charge on any atom is -0.307 e. The predicted octanol–water partition coefficient (Wildman–Crippen LogP) is 14.4. The van der Waals surface area contributed by atoms with Gasteiger partial charge in [-0.3, -0.25) is 0 Å². The fourth-order valence-corrected chi connectivity index (χ4v) is 11.3. The molecular weight excluding hydrogens is 733 g/mol. The highest BCUT2D eigenvalue weighted by molar-refractivity contribution is 7.26. The molecule has 0 N–H and O–H groups in total. The number of nitriles is 1. The number of halogens is 2. The third-order valence-electron chi connectivity index (χ3n) is 11.3. The largest absolute Gasteiger partial charge is 0.307 e. The van der Waals surface area contributed by atoms with Gasteiger partial charge >= 0.3 is 0 Å². The molecule has 4 aromatic heterocycles. The van der Waals surface area contributed by atoms with Gasteiger partial charge in [0.05, 0.1) is 39.0 Å². The van der Waals surface area contributed by atoms with Crippen LogP contribution < -0.4 is 0 Å². The van der Waals surface area contributed by atoms with Gasteiger partial charge in [-0.1, -0.05) is 91.0 Å². The molecule has 0 bridgehead atoms. The summed E-state index contributed by atoms with van der Waals surface area (Å²) in [6, 6.07) is 52.0. The van der Waals surface area contributed by atoms with E-state index in [1.165, 1.54) is 22.9 Å². The first-order valence-corrected chi connectivity index (χ1v) is 19.9. The molecule has 12 rings (SSSR count). The zero-order valence-electron chi connectivity index (χ0n) is 29.3. The number of hydrogen-bond donors (Lipinski definition) is 0. The highest BCUT2D eigenvalue weighted by Crippen LogP contribution is 2.48. The number of aromatic nitrogens is 2. The van der Waals surface area contributed by atoms with Crippen LogP contribution >= 0.6 is 22.7 Å². The quantitative estimate of drug-likeness (QED) is 0.177. The Labute approximate surface area is 325 Å². The minimum atomic E-state index is -0.696. The molecule has 0 unspecified atom stereocenters. The maximum atomic E-state index is 16.2. The molecule has 8 aromatic carbocycles. The van der Waals surface area contributed by atoms with E-state index in [9.17, 15) is 5.26 Å². The van der Waals surface area contributed by atoms with Crippen molar-refractivity contribution < 1.29 is 8.78 Å². The molecule has 0 spiro atoms. The third-order valence-corrected chi connectivity index (χ3v) is 13.6. The number of thiophene rings is 2. The summed E-state index contributed by atoms with van der Waals surface area (Å²) in [7, 11) is 0. The number of fused-ring (bicyclic) bond motifs is 14. The van der Waals surface area contributed by atoms with Gasteiger partial charge < -0.3 is 9.13 Å². The lowest BCUT2D eigenvalue weighted by atomic mass is 9.97. The minimum absolute atomic E-state index is 0.174. The van der Waals surface area contributed by atoms with E-state index in [2.05, 4.69) is 94.1 Å². The summed E-state index contributed by atoms with van der Waals surface area (Å²) in [5.74, 6) is -1.39. The number of hydrogen-bond acceptors (Lipinski definition) is 3. The second kappa shape index (κ2) is 11.6. The normalized spacial score (nSPS) is 12.1. The van der Waals surface area contributed by atoms with E-state index in [1.54, 1.807) is 28.7 Å². The highest BCUT2D eigenvalue weighted by Gasteiger charge is 2.28. The molecule has 3 nitrogen and oxygen atoms in total. The molecule has 0 aliphatic carbocycles. The molecule has 12 aromatic rings. The van der Waals surface area contributed by atoms with E-state index >= 15 is 8.78 Å². The first-order valence-electron chi connectivity index (χ1n) is 18.3. The maximum absolute atomic E-state index is 16.2. The molecule has 4 heterocycles. The summed E-state index contributed by atoms with van der Waals surface area (Å²) >= 11 is 3.46. The monoisotopic (exact) mass is 757 g/mol. The molecule has 0 amide bonds. The fourth-order valence-electron chi connectivity index (χ4n) is 9.08. The SMILES string of the molecule is N#Cc1c(-n2c3ccccc3c3ccc4sc5ccccc5c4c32)ccc(-c2c(F)cccc2F)c1-n1c2ccccc2c2ccc3sc4ccccc4c3c21. The van der Waals surface area contributed by atoms with Crippen LogP contribution in [0.15, 0.2) is 152 Å². The van der Waals surface area contributed by atoms with Crippen LogP contribution in [0.4, 0.5) is 8.78 Å². The average Bonchev–Trinajstić information content (AvgIpc) is 3.98.